The quantitative estimate of drug-likeness (QED) is 0.167. The molecule has 8 bridgehead atoms. The van der Waals surface area contributed by atoms with Gasteiger partial charge in [-0.25, -0.2) is 0 Å². The molecule has 5 rings (SSSR count). The molecule has 0 N–H and O–H groups in total. The van der Waals surface area contributed by atoms with Gasteiger partial charge in [0, 0.05) is 13.4 Å². The predicted octanol–water partition coefficient (Wildman–Crippen LogP) is 14.4. The van der Waals surface area contributed by atoms with Gasteiger partial charge in [0.05, 0.1) is 50.7 Å². The standard InChI is InChI=1S/C43H53IO3S4/c1-40(2,3)24-16-28-36(44)29(17-24)49-31-19-26(42(7,8)9)21-33(38(31)46-14)51-35-23-27(43(10,11)12)22-34(39(35)47-15)50-32-20-25(41(4,5)6)18-30(48-28)37(32)45-13/h16-23H,1-15H3. The van der Waals surface area contributed by atoms with E-state index in [-0.39, 0.29) is 21.7 Å². The van der Waals surface area contributed by atoms with E-state index in [0.717, 1.165) is 46.6 Å². The zero-order chi connectivity index (χ0) is 37.8. The Balaban J connectivity index is 1.95. The van der Waals surface area contributed by atoms with E-state index in [1.165, 1.54) is 35.6 Å². The Morgan fingerprint density at radius 1 is 0.353 bits per heavy atom. The third kappa shape index (κ3) is 8.87. The zero-order valence-corrected chi connectivity index (χ0v) is 38.3. The lowest BCUT2D eigenvalue weighted by Crippen LogP contribution is -2.13. The minimum absolute atomic E-state index is 0.0451. The summed E-state index contributed by atoms with van der Waals surface area (Å²) < 4.78 is 20.2. The van der Waals surface area contributed by atoms with Crippen LogP contribution >= 0.6 is 69.6 Å². The summed E-state index contributed by atoms with van der Waals surface area (Å²) in [5.41, 5.74) is 4.80. The number of methoxy groups -OCH3 is 3. The van der Waals surface area contributed by atoms with Gasteiger partial charge in [-0.3, -0.25) is 0 Å². The Labute approximate surface area is 338 Å². The van der Waals surface area contributed by atoms with Gasteiger partial charge in [-0.05, 0) is 115 Å². The molecule has 274 valence electrons. The molecule has 4 aromatic rings. The molecule has 4 aromatic carbocycles. The van der Waals surface area contributed by atoms with E-state index in [9.17, 15) is 0 Å². The maximum Gasteiger partial charge on any atom is 0.146 e. The summed E-state index contributed by atoms with van der Waals surface area (Å²) in [5.74, 6) is 2.63. The van der Waals surface area contributed by atoms with Crippen molar-refractivity contribution >= 4 is 69.6 Å². The van der Waals surface area contributed by atoms with E-state index < -0.39 is 0 Å². The van der Waals surface area contributed by atoms with Crippen molar-refractivity contribution in [1.82, 2.24) is 0 Å². The maximum absolute atomic E-state index is 6.34. The molecule has 0 fully saturated rings. The van der Waals surface area contributed by atoms with Gasteiger partial charge in [0.1, 0.15) is 17.2 Å². The van der Waals surface area contributed by atoms with Crippen LogP contribution in [0.15, 0.2) is 87.7 Å². The highest BCUT2D eigenvalue weighted by Crippen LogP contribution is 2.55. The largest absolute Gasteiger partial charge is 0.494 e. The van der Waals surface area contributed by atoms with E-state index in [1.54, 1.807) is 68.4 Å². The summed E-state index contributed by atoms with van der Waals surface area (Å²) in [7, 11) is 5.38. The summed E-state index contributed by atoms with van der Waals surface area (Å²) in [4.78, 5) is 8.92. The van der Waals surface area contributed by atoms with Crippen molar-refractivity contribution in [1.29, 1.82) is 0 Å². The third-order valence-electron chi connectivity index (χ3n) is 9.02. The molecule has 0 atom stereocenters. The average molecular weight is 873 g/mol. The van der Waals surface area contributed by atoms with Crippen molar-refractivity contribution in [3.8, 4) is 17.2 Å². The van der Waals surface area contributed by atoms with Gasteiger partial charge in [0.25, 0.3) is 0 Å². The van der Waals surface area contributed by atoms with Crippen LogP contribution in [-0.4, -0.2) is 21.3 Å². The van der Waals surface area contributed by atoms with Crippen LogP contribution in [0, 0.1) is 3.57 Å². The Bertz CT molecular complexity index is 1840. The fraction of sp³-hybridized carbons (Fsp3) is 0.442. The molecule has 8 heteroatoms. The number of rotatable bonds is 3. The van der Waals surface area contributed by atoms with Crippen LogP contribution in [0.3, 0.4) is 0 Å². The van der Waals surface area contributed by atoms with Crippen LogP contribution in [0.25, 0.3) is 0 Å². The highest BCUT2D eigenvalue weighted by atomic mass is 127. The first-order chi connectivity index (χ1) is 23.5. The molecular formula is C43H53IO3S4. The molecule has 1 aliphatic heterocycles. The lowest BCUT2D eigenvalue weighted by molar-refractivity contribution is 0.389. The number of hydrogen-bond donors (Lipinski definition) is 0. The smallest absolute Gasteiger partial charge is 0.146 e. The van der Waals surface area contributed by atoms with Crippen molar-refractivity contribution in [3.63, 3.8) is 0 Å². The second-order valence-corrected chi connectivity index (χ2v) is 22.6. The minimum Gasteiger partial charge on any atom is -0.494 e. The van der Waals surface area contributed by atoms with E-state index in [4.69, 9.17) is 14.2 Å². The lowest BCUT2D eigenvalue weighted by atomic mass is 9.87. The molecule has 0 unspecified atom stereocenters. The van der Waals surface area contributed by atoms with Crippen LogP contribution in [0.2, 0.25) is 0 Å². The molecule has 1 heterocycles. The highest BCUT2D eigenvalue weighted by Gasteiger charge is 2.29. The van der Waals surface area contributed by atoms with Crippen LogP contribution < -0.4 is 14.2 Å². The second kappa shape index (κ2) is 14.9. The topological polar surface area (TPSA) is 27.7 Å². The number of benzene rings is 4. The van der Waals surface area contributed by atoms with Gasteiger partial charge < -0.3 is 14.2 Å². The molecule has 0 aromatic heterocycles. The third-order valence-corrected chi connectivity index (χ3v) is 15.1. The first-order valence-electron chi connectivity index (χ1n) is 17.3. The highest BCUT2D eigenvalue weighted by molar-refractivity contribution is 14.1. The van der Waals surface area contributed by atoms with Crippen molar-refractivity contribution in [2.24, 2.45) is 0 Å². The summed E-state index contributed by atoms with van der Waals surface area (Å²) in [6.07, 6.45) is 0. The van der Waals surface area contributed by atoms with E-state index in [1.807, 2.05) is 0 Å². The lowest BCUT2D eigenvalue weighted by Gasteiger charge is -2.27. The predicted molar refractivity (Wildman–Crippen MR) is 229 cm³/mol. The van der Waals surface area contributed by atoms with Gasteiger partial charge in [0.15, 0.2) is 0 Å². The van der Waals surface area contributed by atoms with Crippen molar-refractivity contribution in [2.75, 3.05) is 21.3 Å². The average Bonchev–Trinajstić information content (AvgIpc) is 3.00. The monoisotopic (exact) mass is 872 g/mol. The van der Waals surface area contributed by atoms with E-state index >= 15 is 0 Å². The maximum atomic E-state index is 6.34. The molecule has 0 radical (unpaired) electrons. The van der Waals surface area contributed by atoms with Crippen LogP contribution in [0.5, 0.6) is 17.2 Å². The van der Waals surface area contributed by atoms with Gasteiger partial charge in [-0.1, -0.05) is 130 Å². The Morgan fingerprint density at radius 2 is 0.529 bits per heavy atom. The summed E-state index contributed by atoms with van der Waals surface area (Å²) >= 11 is 9.61. The molecule has 3 nitrogen and oxygen atoms in total. The molecule has 0 saturated heterocycles. The van der Waals surface area contributed by atoms with Crippen LogP contribution in [-0.2, 0) is 21.7 Å². The first-order valence-corrected chi connectivity index (χ1v) is 21.6. The van der Waals surface area contributed by atoms with Gasteiger partial charge in [-0.2, -0.15) is 0 Å². The van der Waals surface area contributed by atoms with E-state index in [0.29, 0.717) is 0 Å². The molecule has 0 saturated carbocycles. The fourth-order valence-corrected chi connectivity index (χ4v) is 11.5. The normalized spacial score (nSPS) is 14.0. The number of ether oxygens (including phenoxy) is 3. The fourth-order valence-electron chi connectivity index (χ4n) is 5.72. The Hall–Kier alpha value is -1.59. The van der Waals surface area contributed by atoms with Crippen molar-refractivity contribution in [2.45, 2.75) is 144 Å². The summed E-state index contributed by atoms with van der Waals surface area (Å²) in [5, 5.41) is 0. The first kappa shape index (κ1) is 40.6. The molecular weight excluding hydrogens is 820 g/mol. The van der Waals surface area contributed by atoms with E-state index in [2.05, 4.69) is 154 Å². The summed E-state index contributed by atoms with van der Waals surface area (Å²) in [6, 6.07) is 18.6. The Morgan fingerprint density at radius 3 is 0.706 bits per heavy atom. The molecule has 0 spiro atoms. The number of halogens is 1. The van der Waals surface area contributed by atoms with Gasteiger partial charge >= 0.3 is 0 Å². The molecule has 0 aliphatic carbocycles. The SMILES string of the molecule is COc1c2cc(C(C)(C)C)cc1Sc1cc(C(C)(C)C)cc(c1OC)Sc1cc(C(C)(C)C)cc(c1OC)Sc1cc(C(C)(C)C)cc(c1I)S2. The van der Waals surface area contributed by atoms with Crippen LogP contribution in [0.4, 0.5) is 0 Å². The molecule has 1 aliphatic rings. The Kier molecular flexibility index (Phi) is 11.9. The van der Waals surface area contributed by atoms with Crippen molar-refractivity contribution in [3.05, 3.63) is 74.4 Å². The second-order valence-electron chi connectivity index (χ2n) is 17.2. The van der Waals surface area contributed by atoms with Gasteiger partial charge in [0.2, 0.25) is 0 Å². The molecule has 0 amide bonds. The summed E-state index contributed by atoms with van der Waals surface area (Å²) in [6.45, 7) is 27.4. The number of hydrogen-bond acceptors (Lipinski definition) is 7. The van der Waals surface area contributed by atoms with Gasteiger partial charge in [-0.15, -0.1) is 0 Å². The number of fused-ring (bicyclic) bond motifs is 8. The van der Waals surface area contributed by atoms with Crippen molar-refractivity contribution < 1.29 is 14.2 Å². The minimum atomic E-state index is -0.0847. The zero-order valence-electron chi connectivity index (χ0n) is 32.9. The van der Waals surface area contributed by atoms with Crippen LogP contribution in [0.1, 0.15) is 105 Å². The molecule has 51 heavy (non-hydrogen) atoms.